The van der Waals surface area contributed by atoms with Crippen molar-refractivity contribution < 1.29 is 47.8 Å². The maximum atomic E-state index is 13.7. The number of amides is 2. The van der Waals surface area contributed by atoms with E-state index in [4.69, 9.17) is 23.8 Å². The molecule has 43 heavy (non-hydrogen) atoms. The summed E-state index contributed by atoms with van der Waals surface area (Å²) in [5.74, 6) is -3.09. The fourth-order valence-corrected chi connectivity index (χ4v) is 4.92. The normalized spacial score (nSPS) is 23.7. The molecule has 1 fully saturated rings. The van der Waals surface area contributed by atoms with Crippen molar-refractivity contribution in [3.63, 3.8) is 0 Å². The van der Waals surface area contributed by atoms with E-state index in [9.17, 15) is 24.0 Å². The molecular formula is C30H33N3O10. The molecule has 2 aromatic rings. The number of anilines is 1. The second kappa shape index (κ2) is 13.5. The third kappa shape index (κ3) is 7.55. The average molecular weight is 596 g/mol. The standard InChI is InChI=1S/C30H33N3O10/c1-16-11-12-23-22(13-16)25(29(38)33(23)14-21-9-7-6-8-10-21)32-43-30-26(31-17(2)34)28(41-20(5)37)27(40-19(4)36)24(42-30)15-39-18(3)35/h6-13,24,26-28,30H,14-15H2,1-5H3,(H,31,34). The number of esters is 3. The first kappa shape index (κ1) is 31.2. The van der Waals surface area contributed by atoms with Crippen molar-refractivity contribution in [2.45, 2.75) is 71.8 Å². The van der Waals surface area contributed by atoms with E-state index in [1.54, 1.807) is 11.0 Å². The summed E-state index contributed by atoms with van der Waals surface area (Å²) < 4.78 is 22.0. The SMILES string of the molecule is CC(=O)NC1C(ON=C2C(=O)N(Cc3ccccc3)c3ccc(C)cc32)OC(COC(C)=O)C(OC(C)=O)C1OC(C)=O. The molecule has 0 aromatic heterocycles. The van der Waals surface area contributed by atoms with Crippen LogP contribution in [0.2, 0.25) is 0 Å². The van der Waals surface area contributed by atoms with Gasteiger partial charge in [0.25, 0.3) is 12.2 Å². The Morgan fingerprint density at radius 2 is 1.60 bits per heavy atom. The van der Waals surface area contributed by atoms with E-state index in [1.165, 1.54) is 13.8 Å². The topological polar surface area (TPSA) is 159 Å². The zero-order valence-electron chi connectivity index (χ0n) is 24.4. The molecule has 2 aliphatic heterocycles. The van der Waals surface area contributed by atoms with Crippen LogP contribution in [-0.2, 0) is 54.3 Å². The summed E-state index contributed by atoms with van der Waals surface area (Å²) in [5.41, 5.74) is 2.93. The number of fused-ring (bicyclic) bond motifs is 1. The average Bonchev–Trinajstić information content (AvgIpc) is 3.18. The predicted molar refractivity (Wildman–Crippen MR) is 150 cm³/mol. The number of nitrogens with zero attached hydrogens (tertiary/aromatic N) is 2. The van der Waals surface area contributed by atoms with Crippen molar-refractivity contribution in [1.82, 2.24) is 5.32 Å². The Morgan fingerprint density at radius 1 is 0.930 bits per heavy atom. The van der Waals surface area contributed by atoms with Gasteiger partial charge in [-0.25, -0.2) is 0 Å². The Kier molecular flexibility index (Phi) is 9.76. The van der Waals surface area contributed by atoms with E-state index in [1.807, 2.05) is 49.4 Å². The van der Waals surface area contributed by atoms with Crippen LogP contribution >= 0.6 is 0 Å². The second-order valence-electron chi connectivity index (χ2n) is 10.2. The highest BCUT2D eigenvalue weighted by Crippen LogP contribution is 2.33. The van der Waals surface area contributed by atoms with Crippen LogP contribution in [-0.4, -0.2) is 72.7 Å². The second-order valence-corrected chi connectivity index (χ2v) is 10.2. The van der Waals surface area contributed by atoms with Crippen LogP contribution in [0.15, 0.2) is 53.7 Å². The van der Waals surface area contributed by atoms with Crippen LogP contribution in [0.1, 0.15) is 44.4 Å². The van der Waals surface area contributed by atoms with E-state index >= 15 is 0 Å². The summed E-state index contributed by atoms with van der Waals surface area (Å²) in [4.78, 5) is 68.9. The Bertz CT molecular complexity index is 1430. The predicted octanol–water partition coefficient (Wildman–Crippen LogP) is 1.92. The highest BCUT2D eigenvalue weighted by Gasteiger charge is 2.52. The molecule has 228 valence electrons. The summed E-state index contributed by atoms with van der Waals surface area (Å²) >= 11 is 0. The Balaban J connectivity index is 1.71. The van der Waals surface area contributed by atoms with E-state index in [0.29, 0.717) is 11.3 Å². The number of carbonyl (C=O) groups is 5. The molecule has 2 aliphatic rings. The molecule has 0 radical (unpaired) electrons. The molecular weight excluding hydrogens is 562 g/mol. The molecule has 1 saturated heterocycles. The minimum atomic E-state index is -1.46. The summed E-state index contributed by atoms with van der Waals surface area (Å²) in [6.07, 6.45) is -5.26. The van der Waals surface area contributed by atoms with Gasteiger partial charge in [0.15, 0.2) is 17.9 Å². The van der Waals surface area contributed by atoms with Crippen molar-refractivity contribution in [2.75, 3.05) is 11.5 Å². The molecule has 2 aromatic carbocycles. The van der Waals surface area contributed by atoms with E-state index in [0.717, 1.165) is 25.0 Å². The number of rotatable bonds is 9. The van der Waals surface area contributed by atoms with Crippen LogP contribution in [0.4, 0.5) is 5.69 Å². The summed E-state index contributed by atoms with van der Waals surface area (Å²) in [6.45, 7) is 6.44. The summed E-state index contributed by atoms with van der Waals surface area (Å²) in [5, 5.41) is 6.78. The molecule has 0 spiro atoms. The van der Waals surface area contributed by atoms with Gasteiger partial charge in [0.05, 0.1) is 12.2 Å². The summed E-state index contributed by atoms with van der Waals surface area (Å²) in [6, 6.07) is 13.7. The number of aryl methyl sites for hydroxylation is 1. The van der Waals surface area contributed by atoms with Gasteiger partial charge < -0.3 is 34.0 Å². The first-order valence-electron chi connectivity index (χ1n) is 13.6. The fourth-order valence-electron chi connectivity index (χ4n) is 4.92. The highest BCUT2D eigenvalue weighted by atomic mass is 16.8. The van der Waals surface area contributed by atoms with Gasteiger partial charge in [-0.3, -0.25) is 24.0 Å². The number of carbonyl (C=O) groups excluding carboxylic acids is 5. The van der Waals surface area contributed by atoms with Crippen LogP contribution in [0.5, 0.6) is 0 Å². The van der Waals surface area contributed by atoms with Gasteiger partial charge in [-0.05, 0) is 24.6 Å². The van der Waals surface area contributed by atoms with Crippen LogP contribution in [0.3, 0.4) is 0 Å². The molecule has 13 nitrogen and oxygen atoms in total. The smallest absolute Gasteiger partial charge is 0.303 e. The number of hydrogen-bond donors (Lipinski definition) is 1. The van der Waals surface area contributed by atoms with Crippen LogP contribution in [0.25, 0.3) is 0 Å². The van der Waals surface area contributed by atoms with Gasteiger partial charge in [-0.2, -0.15) is 0 Å². The molecule has 4 rings (SSSR count). The molecule has 0 saturated carbocycles. The molecule has 0 bridgehead atoms. The van der Waals surface area contributed by atoms with Crippen molar-refractivity contribution in [1.29, 1.82) is 0 Å². The highest BCUT2D eigenvalue weighted by molar-refractivity contribution is 6.54. The lowest BCUT2D eigenvalue weighted by atomic mass is 9.96. The largest absolute Gasteiger partial charge is 0.463 e. The Morgan fingerprint density at radius 3 is 2.23 bits per heavy atom. The van der Waals surface area contributed by atoms with Crippen molar-refractivity contribution in [3.8, 4) is 0 Å². The maximum Gasteiger partial charge on any atom is 0.303 e. The van der Waals surface area contributed by atoms with Gasteiger partial charge in [0.2, 0.25) is 5.91 Å². The lowest BCUT2D eigenvalue weighted by Gasteiger charge is -2.43. The Labute approximate surface area is 248 Å². The minimum Gasteiger partial charge on any atom is -0.463 e. The zero-order chi connectivity index (χ0) is 31.3. The van der Waals surface area contributed by atoms with Crippen LogP contribution in [0, 0.1) is 6.92 Å². The van der Waals surface area contributed by atoms with E-state index in [-0.39, 0.29) is 12.3 Å². The number of nitrogens with one attached hydrogen (secondary N) is 1. The quantitative estimate of drug-likeness (QED) is 0.258. The maximum absolute atomic E-state index is 13.7. The molecule has 5 atom stereocenters. The van der Waals surface area contributed by atoms with Gasteiger partial charge >= 0.3 is 17.9 Å². The number of ether oxygens (including phenoxy) is 4. The number of oxime groups is 1. The molecule has 13 heteroatoms. The van der Waals surface area contributed by atoms with Crippen LogP contribution < -0.4 is 10.2 Å². The van der Waals surface area contributed by atoms with E-state index in [2.05, 4.69) is 10.5 Å². The number of benzene rings is 2. The van der Waals surface area contributed by atoms with Gasteiger partial charge in [0, 0.05) is 33.3 Å². The third-order valence-electron chi connectivity index (χ3n) is 6.65. The molecule has 2 heterocycles. The summed E-state index contributed by atoms with van der Waals surface area (Å²) in [7, 11) is 0. The first-order valence-corrected chi connectivity index (χ1v) is 13.6. The minimum absolute atomic E-state index is 0.0116. The molecule has 0 aliphatic carbocycles. The molecule has 1 N–H and O–H groups in total. The van der Waals surface area contributed by atoms with Crippen molar-refractivity contribution in [2.24, 2.45) is 5.16 Å². The van der Waals surface area contributed by atoms with E-state index < -0.39 is 67.0 Å². The third-order valence-corrected chi connectivity index (χ3v) is 6.65. The lowest BCUT2D eigenvalue weighted by Crippen LogP contribution is -2.66. The van der Waals surface area contributed by atoms with Gasteiger partial charge in [-0.15, -0.1) is 0 Å². The first-order chi connectivity index (χ1) is 20.4. The molecule has 2 amide bonds. The van der Waals surface area contributed by atoms with Gasteiger partial charge in [0.1, 0.15) is 18.8 Å². The Hall–Kier alpha value is -4.78. The van der Waals surface area contributed by atoms with Crippen molar-refractivity contribution >= 4 is 41.1 Å². The van der Waals surface area contributed by atoms with Gasteiger partial charge in [-0.1, -0.05) is 47.1 Å². The van der Waals surface area contributed by atoms with Crippen molar-refractivity contribution in [3.05, 3.63) is 65.2 Å². The molecule has 5 unspecified atom stereocenters. The zero-order valence-corrected chi connectivity index (χ0v) is 24.4. The number of hydrogen-bond acceptors (Lipinski definition) is 11. The fraction of sp³-hybridized carbons (Fsp3) is 0.400. The lowest BCUT2D eigenvalue weighted by molar-refractivity contribution is -0.278. The monoisotopic (exact) mass is 595 g/mol.